The van der Waals surface area contributed by atoms with Crippen molar-refractivity contribution in [1.82, 2.24) is 9.55 Å². The van der Waals surface area contributed by atoms with E-state index in [1.165, 1.54) is 13.2 Å². The highest BCUT2D eigenvalue weighted by Crippen LogP contribution is 2.23. The van der Waals surface area contributed by atoms with Crippen molar-refractivity contribution in [1.29, 1.82) is 0 Å². The molecule has 0 amide bonds. The van der Waals surface area contributed by atoms with E-state index < -0.39 is 27.2 Å². The van der Waals surface area contributed by atoms with Gasteiger partial charge >= 0.3 is 11.2 Å². The summed E-state index contributed by atoms with van der Waals surface area (Å²) < 4.78 is 37.6. The maximum atomic E-state index is 12.7. The molecule has 5 nitrogen and oxygen atoms in total. The first-order chi connectivity index (χ1) is 6.37. The highest BCUT2D eigenvalue weighted by molar-refractivity contribution is 7.86. The monoisotopic (exact) mass is 224 g/mol. The van der Waals surface area contributed by atoms with E-state index in [1.807, 2.05) is 0 Å². The predicted octanol–water partition coefficient (Wildman–Crippen LogP) is 0.205. The van der Waals surface area contributed by atoms with Gasteiger partial charge < -0.3 is 9.67 Å². The second-order valence-corrected chi connectivity index (χ2v) is 3.83. The Morgan fingerprint density at radius 3 is 2.64 bits per heavy atom. The second-order valence-electron chi connectivity index (χ2n) is 2.41. The van der Waals surface area contributed by atoms with Crippen LogP contribution in [-0.2, 0) is 22.6 Å². The van der Waals surface area contributed by atoms with Crippen LogP contribution in [0.2, 0.25) is 0 Å². The lowest BCUT2D eigenvalue weighted by Gasteiger charge is -2.09. The topological polar surface area (TPSA) is 72.2 Å². The minimum atomic E-state index is -4.32. The molecular weight excluding hydrogens is 218 g/mol. The predicted molar refractivity (Wildman–Crippen MR) is 42.2 cm³/mol. The number of imidazole rings is 1. The third kappa shape index (κ3) is 1.65. The van der Waals surface area contributed by atoms with Crippen molar-refractivity contribution in [2.75, 3.05) is 0 Å². The molecule has 0 saturated carbocycles. The summed E-state index contributed by atoms with van der Waals surface area (Å²) in [5, 5.41) is 3.33. The zero-order valence-corrected chi connectivity index (χ0v) is 7.79. The molecule has 0 aliphatic heterocycles. The highest BCUT2D eigenvalue weighted by atomic mass is 32.2. The summed E-state index contributed by atoms with van der Waals surface area (Å²) >= 11 is 0. The van der Waals surface area contributed by atoms with Crippen molar-refractivity contribution >= 4 is 16.8 Å². The average molecular weight is 224 g/mol. The van der Waals surface area contributed by atoms with Crippen LogP contribution in [0.15, 0.2) is 17.6 Å². The molecule has 0 aromatic carbocycles. The maximum absolute atomic E-state index is 12.7. The van der Waals surface area contributed by atoms with E-state index >= 15 is 0 Å². The normalized spacial score (nSPS) is 13.9. The second kappa shape index (κ2) is 3.45. The molecule has 0 fully saturated rings. The van der Waals surface area contributed by atoms with Crippen LogP contribution in [0.25, 0.3) is 0 Å². The molecule has 1 N–H and O–H groups in total. The van der Waals surface area contributed by atoms with Crippen LogP contribution >= 0.6 is 0 Å². The van der Waals surface area contributed by atoms with Gasteiger partial charge in [0.2, 0.25) is 5.16 Å². The van der Waals surface area contributed by atoms with Crippen LogP contribution in [-0.4, -0.2) is 30.1 Å². The molecule has 78 valence electrons. The van der Waals surface area contributed by atoms with E-state index in [2.05, 4.69) is 4.98 Å². The molecule has 14 heavy (non-hydrogen) atoms. The minimum absolute atomic E-state index is 0.475. The van der Waals surface area contributed by atoms with Gasteiger partial charge in [0.25, 0.3) is 0 Å². The number of rotatable bonds is 3. The van der Waals surface area contributed by atoms with Crippen molar-refractivity contribution in [2.45, 2.75) is 10.4 Å². The molecule has 0 saturated heterocycles. The Kier molecular flexibility index (Phi) is 2.65. The van der Waals surface area contributed by atoms with Crippen LogP contribution < -0.4 is 0 Å². The van der Waals surface area contributed by atoms with Gasteiger partial charge in [-0.15, -0.1) is 0 Å². The standard InChI is InChI=1S/C6H6F2N2O3S/c1-10-3-2-9-5(10)14(13)6(7,8)4(11)12/h2-3H,1H3,(H,11,12)/t14-/m1/s1. The molecule has 8 heteroatoms. The van der Waals surface area contributed by atoms with Crippen molar-refractivity contribution in [2.24, 2.45) is 7.05 Å². The summed E-state index contributed by atoms with van der Waals surface area (Å²) in [4.78, 5) is 13.5. The number of halogens is 2. The van der Waals surface area contributed by atoms with Crippen LogP contribution in [0.5, 0.6) is 0 Å². The lowest BCUT2D eigenvalue weighted by atomic mass is 10.7. The van der Waals surface area contributed by atoms with E-state index in [1.54, 1.807) is 0 Å². The van der Waals surface area contributed by atoms with Gasteiger partial charge in [0.05, 0.1) is 0 Å². The Morgan fingerprint density at radius 1 is 1.71 bits per heavy atom. The number of aliphatic carboxylic acids is 1. The molecule has 0 radical (unpaired) electrons. The summed E-state index contributed by atoms with van der Waals surface area (Å²) in [5.41, 5.74) is 0. The lowest BCUT2D eigenvalue weighted by Crippen LogP contribution is -2.34. The first-order valence-electron chi connectivity index (χ1n) is 3.37. The fourth-order valence-corrected chi connectivity index (χ4v) is 1.59. The molecule has 1 heterocycles. The number of hydrogen-bond donors (Lipinski definition) is 1. The fourth-order valence-electron chi connectivity index (χ4n) is 0.725. The van der Waals surface area contributed by atoms with E-state index in [4.69, 9.17) is 5.11 Å². The van der Waals surface area contributed by atoms with Crippen LogP contribution in [0.3, 0.4) is 0 Å². The average Bonchev–Trinajstić information content (AvgIpc) is 2.49. The first kappa shape index (κ1) is 10.8. The summed E-state index contributed by atoms with van der Waals surface area (Å²) in [6, 6.07) is 0. The Hall–Kier alpha value is -1.31. The molecule has 0 aliphatic carbocycles. The number of carboxylic acid groups (broad SMARTS) is 1. The quantitative estimate of drug-likeness (QED) is 0.796. The van der Waals surface area contributed by atoms with Gasteiger partial charge in [0.15, 0.2) is 10.8 Å². The molecule has 0 spiro atoms. The molecular formula is C6H6F2N2O3S. The number of aryl methyl sites for hydroxylation is 1. The van der Waals surface area contributed by atoms with E-state index in [0.29, 0.717) is 0 Å². The Bertz CT molecular complexity index is 390. The third-order valence-electron chi connectivity index (χ3n) is 1.42. The Labute approximate surface area is 79.8 Å². The van der Waals surface area contributed by atoms with Gasteiger partial charge in [0, 0.05) is 19.4 Å². The van der Waals surface area contributed by atoms with Crippen molar-refractivity contribution in [3.8, 4) is 0 Å². The largest absolute Gasteiger partial charge is 0.476 e. The molecule has 1 rings (SSSR count). The van der Waals surface area contributed by atoms with Gasteiger partial charge in [-0.1, -0.05) is 0 Å². The van der Waals surface area contributed by atoms with Gasteiger partial charge in [-0.25, -0.2) is 14.0 Å². The highest BCUT2D eigenvalue weighted by Gasteiger charge is 2.48. The molecule has 0 aliphatic rings. The summed E-state index contributed by atoms with van der Waals surface area (Å²) in [7, 11) is -1.64. The van der Waals surface area contributed by atoms with E-state index in [9.17, 15) is 17.8 Å². The zero-order chi connectivity index (χ0) is 10.9. The number of carboxylic acids is 1. The fraction of sp³-hybridized carbons (Fsp3) is 0.333. The maximum Gasteiger partial charge on any atom is 0.422 e. The SMILES string of the molecule is Cn1ccnc1[S@@](=O)C(F)(F)C(=O)O. The van der Waals surface area contributed by atoms with Gasteiger partial charge in [-0.05, 0) is 0 Å². The van der Waals surface area contributed by atoms with Crippen LogP contribution in [0, 0.1) is 0 Å². The number of hydrogen-bond acceptors (Lipinski definition) is 3. The van der Waals surface area contributed by atoms with Crippen LogP contribution in [0.1, 0.15) is 0 Å². The molecule has 1 aromatic heterocycles. The summed E-state index contributed by atoms with van der Waals surface area (Å²) in [6.45, 7) is 0. The van der Waals surface area contributed by atoms with Crippen molar-refractivity contribution in [3.05, 3.63) is 12.4 Å². The van der Waals surface area contributed by atoms with Gasteiger partial charge in [-0.3, -0.25) is 0 Å². The molecule has 0 bridgehead atoms. The van der Waals surface area contributed by atoms with Crippen molar-refractivity contribution in [3.63, 3.8) is 0 Å². The van der Waals surface area contributed by atoms with Crippen molar-refractivity contribution < 1.29 is 22.9 Å². The number of carbonyl (C=O) groups is 1. The Balaban J connectivity index is 3.09. The first-order valence-corrected chi connectivity index (χ1v) is 4.52. The van der Waals surface area contributed by atoms with Crippen LogP contribution in [0.4, 0.5) is 8.78 Å². The Morgan fingerprint density at radius 2 is 2.29 bits per heavy atom. The summed E-state index contributed by atoms with van der Waals surface area (Å²) in [6.07, 6.45) is 2.45. The molecule has 1 aromatic rings. The number of nitrogens with zero attached hydrogens (tertiary/aromatic N) is 2. The number of aromatic nitrogens is 2. The van der Waals surface area contributed by atoms with Gasteiger partial charge in [-0.2, -0.15) is 8.78 Å². The van der Waals surface area contributed by atoms with Gasteiger partial charge in [0.1, 0.15) is 0 Å². The molecule has 1 atom stereocenters. The smallest absolute Gasteiger partial charge is 0.422 e. The third-order valence-corrected chi connectivity index (χ3v) is 2.79. The molecule has 0 unspecified atom stereocenters. The minimum Gasteiger partial charge on any atom is -0.476 e. The zero-order valence-electron chi connectivity index (χ0n) is 6.98. The lowest BCUT2D eigenvalue weighted by molar-refractivity contribution is -0.153. The number of alkyl halides is 2. The van der Waals surface area contributed by atoms with E-state index in [0.717, 1.165) is 10.8 Å². The summed E-state index contributed by atoms with van der Waals surface area (Å²) in [5.74, 6) is -2.43. The van der Waals surface area contributed by atoms with E-state index in [-0.39, 0.29) is 0 Å².